The molecule has 0 amide bonds. The molecule has 0 saturated heterocycles. The molecule has 0 bridgehead atoms. The van der Waals surface area contributed by atoms with E-state index in [2.05, 4.69) is 46.6 Å². The van der Waals surface area contributed by atoms with E-state index in [1.54, 1.807) is 11.8 Å². The van der Waals surface area contributed by atoms with Crippen LogP contribution in [0.5, 0.6) is 5.75 Å². The number of rotatable bonds is 6. The molecule has 0 radical (unpaired) electrons. The Bertz CT molecular complexity index is 920. The normalized spacial score (nSPS) is 11.2. The number of halogens is 1. The summed E-state index contributed by atoms with van der Waals surface area (Å²) >= 11 is 0. The lowest BCUT2D eigenvalue weighted by Crippen LogP contribution is -2.22. The third-order valence-corrected chi connectivity index (χ3v) is 4.11. The summed E-state index contributed by atoms with van der Waals surface area (Å²) in [7, 11) is 1.64. The third-order valence-electron chi connectivity index (χ3n) is 4.11. The largest absolute Gasteiger partial charge is 0.497 e. The molecule has 1 aromatic heterocycles. The number of nitrogens with one attached hydrogen (secondary N) is 1. The van der Waals surface area contributed by atoms with Crippen molar-refractivity contribution >= 4 is 35.6 Å². The highest BCUT2D eigenvalue weighted by molar-refractivity contribution is 14.0. The highest BCUT2D eigenvalue weighted by Gasteiger charge is 2.04. The summed E-state index contributed by atoms with van der Waals surface area (Å²) in [4.78, 5) is 4.35. The standard InChI is InChI=1S/C20H24N6O.HI/c1-14(2)15-5-4-6-16(11-15)23-20(21)22-12-17-13-26(25-24-17)18-7-9-19(27-3)10-8-18;/h4-11,13-14H,12H2,1-3H3,(H3,21,22,23);1H. The molecule has 0 atom stereocenters. The van der Waals surface area contributed by atoms with Gasteiger partial charge < -0.3 is 15.8 Å². The zero-order chi connectivity index (χ0) is 19.2. The Morgan fingerprint density at radius 1 is 1.21 bits per heavy atom. The van der Waals surface area contributed by atoms with Gasteiger partial charge in [0.1, 0.15) is 11.4 Å². The van der Waals surface area contributed by atoms with Crippen molar-refractivity contribution in [2.75, 3.05) is 12.4 Å². The predicted octanol–water partition coefficient (Wildman–Crippen LogP) is 3.94. The minimum absolute atomic E-state index is 0. The summed E-state index contributed by atoms with van der Waals surface area (Å²) in [5.41, 5.74) is 9.79. The van der Waals surface area contributed by atoms with Crippen LogP contribution in [0.25, 0.3) is 5.69 Å². The van der Waals surface area contributed by atoms with Crippen LogP contribution in [0.1, 0.15) is 31.0 Å². The Hall–Kier alpha value is -2.62. The van der Waals surface area contributed by atoms with Crippen molar-refractivity contribution in [3.63, 3.8) is 0 Å². The van der Waals surface area contributed by atoms with E-state index in [1.165, 1.54) is 5.56 Å². The fourth-order valence-corrected chi connectivity index (χ4v) is 2.56. The monoisotopic (exact) mass is 492 g/mol. The van der Waals surface area contributed by atoms with Crippen LogP contribution in [-0.2, 0) is 6.54 Å². The second-order valence-corrected chi connectivity index (χ2v) is 6.46. The Labute approximate surface area is 182 Å². The summed E-state index contributed by atoms with van der Waals surface area (Å²) in [5.74, 6) is 1.59. The number of hydrogen-bond donors (Lipinski definition) is 2. The molecule has 3 rings (SSSR count). The lowest BCUT2D eigenvalue weighted by molar-refractivity contribution is 0.414. The molecule has 28 heavy (non-hydrogen) atoms. The topological polar surface area (TPSA) is 90.3 Å². The van der Waals surface area contributed by atoms with Crippen molar-refractivity contribution in [3.8, 4) is 11.4 Å². The van der Waals surface area contributed by atoms with E-state index in [-0.39, 0.29) is 24.0 Å². The van der Waals surface area contributed by atoms with Crippen LogP contribution >= 0.6 is 24.0 Å². The molecule has 1 heterocycles. The molecule has 0 spiro atoms. The molecule has 0 aliphatic carbocycles. The molecule has 0 unspecified atom stereocenters. The maximum atomic E-state index is 6.00. The van der Waals surface area contributed by atoms with E-state index in [0.717, 1.165) is 22.8 Å². The molecule has 7 nitrogen and oxygen atoms in total. The summed E-state index contributed by atoms with van der Waals surface area (Å²) in [6.45, 7) is 4.66. The average Bonchev–Trinajstić information content (AvgIpc) is 3.16. The van der Waals surface area contributed by atoms with Gasteiger partial charge in [-0.2, -0.15) is 0 Å². The zero-order valence-electron chi connectivity index (χ0n) is 16.2. The van der Waals surface area contributed by atoms with E-state index in [9.17, 15) is 0 Å². The molecular weight excluding hydrogens is 467 g/mol. The zero-order valence-corrected chi connectivity index (χ0v) is 18.5. The first-order chi connectivity index (χ1) is 13.0. The van der Waals surface area contributed by atoms with E-state index in [4.69, 9.17) is 10.5 Å². The first-order valence-corrected chi connectivity index (χ1v) is 8.77. The molecular formula is C20H25IN6O. The number of anilines is 1. The van der Waals surface area contributed by atoms with Crippen molar-refractivity contribution in [1.82, 2.24) is 15.0 Å². The van der Waals surface area contributed by atoms with Crippen LogP contribution in [0.4, 0.5) is 5.69 Å². The van der Waals surface area contributed by atoms with E-state index < -0.39 is 0 Å². The van der Waals surface area contributed by atoms with Crippen LogP contribution in [0.3, 0.4) is 0 Å². The molecule has 148 valence electrons. The second kappa shape index (κ2) is 10.1. The van der Waals surface area contributed by atoms with Gasteiger partial charge in [-0.15, -0.1) is 29.1 Å². The minimum Gasteiger partial charge on any atom is -0.497 e. The summed E-state index contributed by atoms with van der Waals surface area (Å²) in [6.07, 6.45) is 1.83. The Morgan fingerprint density at radius 3 is 2.64 bits per heavy atom. The molecule has 0 fully saturated rings. The van der Waals surface area contributed by atoms with Gasteiger partial charge >= 0.3 is 0 Å². The number of ether oxygens (including phenoxy) is 1. The van der Waals surface area contributed by atoms with Crippen molar-refractivity contribution < 1.29 is 4.74 Å². The van der Waals surface area contributed by atoms with Gasteiger partial charge in [-0.05, 0) is 47.9 Å². The lowest BCUT2D eigenvalue weighted by Gasteiger charge is -2.09. The van der Waals surface area contributed by atoms with Crippen LogP contribution in [-0.4, -0.2) is 28.1 Å². The van der Waals surface area contributed by atoms with Crippen molar-refractivity contribution in [2.45, 2.75) is 26.3 Å². The molecule has 8 heteroatoms. The summed E-state index contributed by atoms with van der Waals surface area (Å²) in [5, 5.41) is 11.4. The Morgan fingerprint density at radius 2 is 1.96 bits per heavy atom. The summed E-state index contributed by atoms with van der Waals surface area (Å²) < 4.78 is 6.85. The van der Waals surface area contributed by atoms with E-state index in [1.807, 2.05) is 42.6 Å². The molecule has 3 aromatic rings. The number of guanidine groups is 1. The smallest absolute Gasteiger partial charge is 0.193 e. The van der Waals surface area contributed by atoms with Gasteiger partial charge in [-0.25, -0.2) is 9.67 Å². The van der Waals surface area contributed by atoms with Crippen LogP contribution < -0.4 is 15.8 Å². The Balaban J connectivity index is 0.00000280. The third kappa shape index (κ3) is 5.69. The van der Waals surface area contributed by atoms with Gasteiger partial charge in [0.25, 0.3) is 0 Å². The highest BCUT2D eigenvalue weighted by atomic mass is 127. The number of nitrogens with two attached hydrogens (primary N) is 1. The van der Waals surface area contributed by atoms with Crippen LogP contribution in [0.15, 0.2) is 59.7 Å². The minimum atomic E-state index is 0. The first-order valence-electron chi connectivity index (χ1n) is 8.77. The van der Waals surface area contributed by atoms with Crippen LogP contribution in [0.2, 0.25) is 0 Å². The van der Waals surface area contributed by atoms with Gasteiger partial charge in [-0.1, -0.05) is 31.2 Å². The molecule has 0 saturated carbocycles. The number of aliphatic imine (C=N–C) groups is 1. The number of nitrogens with zero attached hydrogens (tertiary/aromatic N) is 4. The molecule has 0 aliphatic heterocycles. The van der Waals surface area contributed by atoms with Crippen molar-refractivity contribution in [3.05, 3.63) is 66.0 Å². The van der Waals surface area contributed by atoms with Gasteiger partial charge in [-0.3, -0.25) is 0 Å². The maximum Gasteiger partial charge on any atom is 0.193 e. The Kier molecular flexibility index (Phi) is 7.80. The summed E-state index contributed by atoms with van der Waals surface area (Å²) in [6, 6.07) is 15.7. The van der Waals surface area contributed by atoms with Gasteiger partial charge in [0, 0.05) is 5.69 Å². The SMILES string of the molecule is COc1ccc(-n2cc(CN=C(N)Nc3cccc(C(C)C)c3)nn2)cc1.I. The lowest BCUT2D eigenvalue weighted by atomic mass is 10.0. The number of methoxy groups -OCH3 is 1. The highest BCUT2D eigenvalue weighted by Crippen LogP contribution is 2.18. The van der Waals surface area contributed by atoms with Gasteiger partial charge in [0.05, 0.1) is 25.5 Å². The fraction of sp³-hybridized carbons (Fsp3) is 0.250. The van der Waals surface area contributed by atoms with Crippen molar-refractivity contribution in [1.29, 1.82) is 0 Å². The van der Waals surface area contributed by atoms with Crippen LogP contribution in [0, 0.1) is 0 Å². The quantitative estimate of drug-likeness (QED) is 0.309. The molecule has 2 aromatic carbocycles. The van der Waals surface area contributed by atoms with E-state index in [0.29, 0.717) is 18.4 Å². The maximum absolute atomic E-state index is 6.00. The molecule has 3 N–H and O–H groups in total. The number of benzene rings is 2. The number of hydrogen-bond acceptors (Lipinski definition) is 4. The average molecular weight is 492 g/mol. The molecule has 0 aliphatic rings. The predicted molar refractivity (Wildman–Crippen MR) is 123 cm³/mol. The van der Waals surface area contributed by atoms with Gasteiger partial charge in [0.2, 0.25) is 0 Å². The first kappa shape index (κ1) is 21.7. The number of aromatic nitrogens is 3. The van der Waals surface area contributed by atoms with Gasteiger partial charge in [0.15, 0.2) is 5.96 Å². The second-order valence-electron chi connectivity index (χ2n) is 6.46. The van der Waals surface area contributed by atoms with Crippen molar-refractivity contribution in [2.24, 2.45) is 10.7 Å². The van der Waals surface area contributed by atoms with E-state index >= 15 is 0 Å². The fourth-order valence-electron chi connectivity index (χ4n) is 2.56.